The summed E-state index contributed by atoms with van der Waals surface area (Å²) in [5.74, 6) is -1.99. The first-order valence-corrected chi connectivity index (χ1v) is 20.3. The maximum absolute atomic E-state index is 13.4. The van der Waals surface area contributed by atoms with E-state index in [9.17, 15) is 40.5 Å². The van der Waals surface area contributed by atoms with Crippen LogP contribution in [-0.2, 0) is 14.3 Å². The highest BCUT2D eigenvalue weighted by Gasteiger charge is 2.45. The zero-order valence-electron chi connectivity index (χ0n) is 31.6. The molecule has 1 rings (SSSR count). The van der Waals surface area contributed by atoms with Gasteiger partial charge in [0.2, 0.25) is 0 Å². The lowest BCUT2D eigenvalue weighted by molar-refractivity contribution is -0.304. The lowest BCUT2D eigenvalue weighted by atomic mass is 9.88. The number of hydrogen-bond donors (Lipinski definition) is 7. The van der Waals surface area contributed by atoms with E-state index in [4.69, 9.17) is 9.47 Å². The fourth-order valence-electron chi connectivity index (χ4n) is 6.66. The summed E-state index contributed by atoms with van der Waals surface area (Å²) in [4.78, 5) is 13.4. The Morgan fingerprint density at radius 3 is 1.64 bits per heavy atom. The molecule has 0 aromatic heterocycles. The van der Waals surface area contributed by atoms with Crippen LogP contribution in [0.1, 0.15) is 168 Å². The molecule has 0 amide bonds. The summed E-state index contributed by atoms with van der Waals surface area (Å²) in [6, 6.07) is 0. The van der Waals surface area contributed by atoms with Crippen molar-refractivity contribution in [2.45, 2.75) is 217 Å². The van der Waals surface area contributed by atoms with Crippen LogP contribution in [0.15, 0.2) is 12.2 Å². The average Bonchev–Trinajstić information content (AvgIpc) is 3.11. The molecule has 50 heavy (non-hydrogen) atoms. The molecule has 1 aliphatic heterocycles. The summed E-state index contributed by atoms with van der Waals surface area (Å²) in [5.41, 5.74) is 0. The second kappa shape index (κ2) is 30.5. The molecule has 10 nitrogen and oxygen atoms in total. The van der Waals surface area contributed by atoms with Crippen LogP contribution in [0.4, 0.5) is 0 Å². The normalized spacial score (nSPS) is 23.7. The molecular weight excluding hydrogens is 640 g/mol. The van der Waals surface area contributed by atoms with Crippen LogP contribution in [0, 0.1) is 5.92 Å². The molecule has 0 saturated carbocycles. The Balaban J connectivity index is 2.59. The maximum atomic E-state index is 13.4. The van der Waals surface area contributed by atoms with Gasteiger partial charge in [0.1, 0.15) is 30.5 Å². The smallest absolute Gasteiger partial charge is 0.186 e. The number of allylic oxidation sites excluding steroid dienone is 2. The lowest BCUT2D eigenvalue weighted by Crippen LogP contribution is -2.59. The quantitative estimate of drug-likeness (QED) is 0.0314. The van der Waals surface area contributed by atoms with Crippen LogP contribution in [-0.4, -0.2) is 104 Å². The van der Waals surface area contributed by atoms with Crippen molar-refractivity contribution in [2.24, 2.45) is 5.92 Å². The first kappa shape index (κ1) is 47.1. The Kier molecular flexibility index (Phi) is 28.7. The summed E-state index contributed by atoms with van der Waals surface area (Å²) in [7, 11) is 0. The number of aliphatic hydroxyl groups is 7. The van der Waals surface area contributed by atoms with Gasteiger partial charge in [-0.05, 0) is 38.5 Å². The number of rotatable bonds is 33. The standard InChI is InChI=1S/C40H76O10/c1-3-5-7-9-11-13-15-17-19-21-23-25-27-32(42)35(44)31(30-49-40-39(48)38(47)37(46)34(29-41)50-40)36(45)33(43)28-26-24-22-20-18-16-14-12-10-8-6-4-2/h19,21,31-35,37-44,46-48H,3-18,20,22-30H2,1-2H3/b21-19-/t31-,32+,33?,34+,35-,37+,38-,39+,40+/m0/s1. The maximum Gasteiger partial charge on any atom is 0.186 e. The van der Waals surface area contributed by atoms with E-state index in [1.54, 1.807) is 0 Å². The highest BCUT2D eigenvalue weighted by molar-refractivity contribution is 5.85. The van der Waals surface area contributed by atoms with Crippen molar-refractivity contribution in [1.82, 2.24) is 0 Å². The minimum Gasteiger partial charge on any atom is -0.394 e. The fraction of sp³-hybridized carbons (Fsp3) is 0.925. The third-order valence-corrected chi connectivity index (χ3v) is 10.1. The number of ether oxygens (including phenoxy) is 2. The van der Waals surface area contributed by atoms with Gasteiger partial charge in [0.05, 0.1) is 31.3 Å². The van der Waals surface area contributed by atoms with E-state index in [1.165, 1.54) is 89.9 Å². The predicted molar refractivity (Wildman–Crippen MR) is 198 cm³/mol. The van der Waals surface area contributed by atoms with Crippen molar-refractivity contribution in [2.75, 3.05) is 13.2 Å². The molecule has 1 saturated heterocycles. The topological polar surface area (TPSA) is 177 Å². The molecule has 0 aromatic carbocycles. The fourth-order valence-corrected chi connectivity index (χ4v) is 6.66. The summed E-state index contributed by atoms with van der Waals surface area (Å²) in [6.45, 7) is 3.30. The Morgan fingerprint density at radius 1 is 0.640 bits per heavy atom. The van der Waals surface area contributed by atoms with Gasteiger partial charge in [-0.15, -0.1) is 0 Å². The largest absolute Gasteiger partial charge is 0.394 e. The van der Waals surface area contributed by atoms with Crippen molar-refractivity contribution in [3.8, 4) is 0 Å². The first-order chi connectivity index (χ1) is 24.2. The van der Waals surface area contributed by atoms with Gasteiger partial charge in [-0.1, -0.05) is 142 Å². The predicted octanol–water partition coefficient (Wildman–Crippen LogP) is 6.03. The second-order valence-corrected chi connectivity index (χ2v) is 14.6. The van der Waals surface area contributed by atoms with Crippen molar-refractivity contribution < 1.29 is 50.0 Å². The van der Waals surface area contributed by atoms with Gasteiger partial charge in [0.15, 0.2) is 12.1 Å². The van der Waals surface area contributed by atoms with E-state index >= 15 is 0 Å². The van der Waals surface area contributed by atoms with Crippen LogP contribution < -0.4 is 0 Å². The van der Waals surface area contributed by atoms with Crippen molar-refractivity contribution >= 4 is 5.78 Å². The van der Waals surface area contributed by atoms with Gasteiger partial charge in [0, 0.05) is 0 Å². The van der Waals surface area contributed by atoms with Gasteiger partial charge in [-0.2, -0.15) is 0 Å². The molecule has 0 radical (unpaired) electrons. The summed E-state index contributed by atoms with van der Waals surface area (Å²) >= 11 is 0. The molecule has 1 fully saturated rings. The van der Waals surface area contributed by atoms with Gasteiger partial charge >= 0.3 is 0 Å². The van der Waals surface area contributed by atoms with Crippen molar-refractivity contribution in [3.05, 3.63) is 12.2 Å². The Bertz CT molecular complexity index is 824. The molecule has 0 bridgehead atoms. The van der Waals surface area contributed by atoms with E-state index in [0.717, 1.165) is 38.5 Å². The average molecular weight is 717 g/mol. The minimum atomic E-state index is -1.68. The molecule has 9 atom stereocenters. The molecule has 0 spiro atoms. The Hall–Kier alpha value is -0.950. The van der Waals surface area contributed by atoms with E-state index in [2.05, 4.69) is 26.0 Å². The van der Waals surface area contributed by atoms with E-state index in [-0.39, 0.29) is 12.8 Å². The van der Waals surface area contributed by atoms with E-state index < -0.39 is 73.9 Å². The summed E-state index contributed by atoms with van der Waals surface area (Å²) < 4.78 is 11.0. The highest BCUT2D eigenvalue weighted by Crippen LogP contribution is 2.25. The van der Waals surface area contributed by atoms with Crippen molar-refractivity contribution in [3.63, 3.8) is 0 Å². The molecular formula is C40H76O10. The molecule has 1 unspecified atom stereocenters. The minimum absolute atomic E-state index is 0.221. The zero-order chi connectivity index (χ0) is 37.0. The van der Waals surface area contributed by atoms with E-state index in [1.807, 2.05) is 0 Å². The lowest BCUT2D eigenvalue weighted by Gasteiger charge is -2.40. The summed E-state index contributed by atoms with van der Waals surface area (Å²) in [6.07, 6.45) is 18.0. The van der Waals surface area contributed by atoms with Crippen LogP contribution in [0.5, 0.6) is 0 Å². The number of carbonyl (C=O) groups is 1. The molecule has 1 aliphatic rings. The third-order valence-electron chi connectivity index (χ3n) is 10.1. The molecule has 7 N–H and O–H groups in total. The number of aliphatic hydroxyl groups excluding tert-OH is 7. The number of hydrogen-bond acceptors (Lipinski definition) is 10. The number of unbranched alkanes of at least 4 members (excludes halogenated alkanes) is 19. The molecule has 0 aliphatic carbocycles. The summed E-state index contributed by atoms with van der Waals surface area (Å²) in [5, 5.41) is 72.9. The van der Waals surface area contributed by atoms with E-state index in [0.29, 0.717) is 12.8 Å². The van der Waals surface area contributed by atoms with Crippen LogP contribution in [0.2, 0.25) is 0 Å². The van der Waals surface area contributed by atoms with Gasteiger partial charge in [-0.3, -0.25) is 4.79 Å². The second-order valence-electron chi connectivity index (χ2n) is 14.6. The monoisotopic (exact) mass is 717 g/mol. The Labute approximate surface area is 303 Å². The van der Waals surface area contributed by atoms with Crippen LogP contribution in [0.25, 0.3) is 0 Å². The van der Waals surface area contributed by atoms with Crippen LogP contribution in [0.3, 0.4) is 0 Å². The number of carbonyl (C=O) groups excluding carboxylic acids is 1. The first-order valence-electron chi connectivity index (χ1n) is 20.3. The van der Waals surface area contributed by atoms with Gasteiger partial charge in [0.25, 0.3) is 0 Å². The molecule has 10 heteroatoms. The van der Waals surface area contributed by atoms with Gasteiger partial charge in [-0.25, -0.2) is 0 Å². The number of Topliss-reactive ketones (excluding diaryl/α,β-unsaturated/α-hetero) is 1. The molecule has 0 aromatic rings. The van der Waals surface area contributed by atoms with Crippen LogP contribution >= 0.6 is 0 Å². The molecule has 296 valence electrons. The SMILES string of the molecule is CCCCCCCCC/C=C\CCC[C@@H](O)[C@@H](O)[C@H](CO[C@@H]1O[C@H](CO)[C@@H](O)[C@H](O)[C@H]1O)C(=O)C(O)CCCCCCCCCCCCCC. The zero-order valence-corrected chi connectivity index (χ0v) is 31.6. The third kappa shape index (κ3) is 20.3. The Morgan fingerprint density at radius 2 is 1.12 bits per heavy atom. The van der Waals surface area contributed by atoms with Gasteiger partial charge < -0.3 is 45.2 Å². The highest BCUT2D eigenvalue weighted by atomic mass is 16.7. The number of ketones is 1. The van der Waals surface area contributed by atoms with Crippen molar-refractivity contribution in [1.29, 1.82) is 0 Å². The molecule has 1 heterocycles.